The van der Waals surface area contributed by atoms with Crippen LogP contribution in [0.25, 0.3) is 0 Å². The number of halogens is 2. The van der Waals surface area contributed by atoms with Crippen LogP contribution in [0.15, 0.2) is 18.2 Å². The Morgan fingerprint density at radius 1 is 1.46 bits per heavy atom. The molecule has 1 atom stereocenters. The number of alkyl halides is 1. The molecule has 1 aliphatic heterocycles. The standard InChI is InChI=1S/C10H11ClFN/c11-8-2-1-7-3-4-13-6-10(12)9(7)5-8/h1-2,5,10,13H,3-4,6H2. The lowest BCUT2D eigenvalue weighted by molar-refractivity contribution is 0.335. The smallest absolute Gasteiger partial charge is 0.138 e. The number of hydrogen-bond donors (Lipinski definition) is 1. The van der Waals surface area contributed by atoms with E-state index < -0.39 is 6.17 Å². The maximum absolute atomic E-state index is 13.5. The van der Waals surface area contributed by atoms with E-state index in [2.05, 4.69) is 5.32 Å². The summed E-state index contributed by atoms with van der Waals surface area (Å²) in [6.07, 6.45) is -0.0383. The zero-order valence-corrected chi connectivity index (χ0v) is 7.94. The van der Waals surface area contributed by atoms with Gasteiger partial charge in [0.1, 0.15) is 6.17 Å². The van der Waals surface area contributed by atoms with Gasteiger partial charge in [-0.3, -0.25) is 0 Å². The number of benzene rings is 1. The highest BCUT2D eigenvalue weighted by Crippen LogP contribution is 2.26. The van der Waals surface area contributed by atoms with Crippen LogP contribution >= 0.6 is 11.6 Å². The third-order valence-electron chi connectivity index (χ3n) is 2.34. The van der Waals surface area contributed by atoms with Gasteiger partial charge in [0.25, 0.3) is 0 Å². The predicted octanol–water partition coefficient (Wildman–Crippen LogP) is 2.50. The predicted molar refractivity (Wildman–Crippen MR) is 51.9 cm³/mol. The molecular formula is C10H11ClFN. The topological polar surface area (TPSA) is 12.0 Å². The number of fused-ring (bicyclic) bond motifs is 1. The van der Waals surface area contributed by atoms with Crippen LogP contribution < -0.4 is 5.32 Å². The van der Waals surface area contributed by atoms with Gasteiger partial charge >= 0.3 is 0 Å². The summed E-state index contributed by atoms with van der Waals surface area (Å²) in [7, 11) is 0. The molecule has 1 aliphatic rings. The van der Waals surface area contributed by atoms with Crippen LogP contribution in [0.2, 0.25) is 5.02 Å². The summed E-state index contributed by atoms with van der Waals surface area (Å²) in [6.45, 7) is 1.24. The molecule has 1 heterocycles. The lowest BCUT2D eigenvalue weighted by atomic mass is 10.0. The molecule has 0 spiro atoms. The summed E-state index contributed by atoms with van der Waals surface area (Å²) in [5.41, 5.74) is 1.82. The molecule has 0 amide bonds. The molecule has 0 aromatic heterocycles. The van der Waals surface area contributed by atoms with Crippen molar-refractivity contribution in [2.45, 2.75) is 12.6 Å². The highest BCUT2D eigenvalue weighted by atomic mass is 35.5. The first-order chi connectivity index (χ1) is 6.27. The molecule has 1 unspecified atom stereocenters. The van der Waals surface area contributed by atoms with Crippen LogP contribution in [-0.4, -0.2) is 13.1 Å². The first kappa shape index (κ1) is 8.97. The molecule has 2 rings (SSSR count). The summed E-state index contributed by atoms with van der Waals surface area (Å²) in [5, 5.41) is 3.66. The Kier molecular flexibility index (Phi) is 2.51. The number of rotatable bonds is 0. The van der Waals surface area contributed by atoms with E-state index in [1.807, 2.05) is 12.1 Å². The van der Waals surface area contributed by atoms with Crippen molar-refractivity contribution in [3.05, 3.63) is 34.3 Å². The zero-order valence-electron chi connectivity index (χ0n) is 7.19. The van der Waals surface area contributed by atoms with Crippen LogP contribution in [0.1, 0.15) is 17.3 Å². The summed E-state index contributed by atoms with van der Waals surface area (Å²) in [4.78, 5) is 0. The zero-order chi connectivity index (χ0) is 9.26. The molecule has 3 heteroatoms. The highest BCUT2D eigenvalue weighted by molar-refractivity contribution is 6.30. The summed E-state index contributed by atoms with van der Waals surface area (Å²) in [5.74, 6) is 0. The first-order valence-corrected chi connectivity index (χ1v) is 4.78. The second-order valence-corrected chi connectivity index (χ2v) is 3.70. The number of nitrogens with one attached hydrogen (secondary N) is 1. The van der Waals surface area contributed by atoms with Crippen molar-refractivity contribution < 1.29 is 4.39 Å². The SMILES string of the molecule is FC1CNCCc2ccc(Cl)cc21. The van der Waals surface area contributed by atoms with Crippen LogP contribution in [0.3, 0.4) is 0 Å². The number of hydrogen-bond acceptors (Lipinski definition) is 1. The maximum atomic E-state index is 13.5. The van der Waals surface area contributed by atoms with Gasteiger partial charge < -0.3 is 5.32 Å². The Morgan fingerprint density at radius 2 is 2.31 bits per heavy atom. The van der Waals surface area contributed by atoms with Gasteiger partial charge in [-0.1, -0.05) is 17.7 Å². The lowest BCUT2D eigenvalue weighted by Crippen LogP contribution is -2.18. The molecule has 1 aromatic carbocycles. The molecule has 70 valence electrons. The van der Waals surface area contributed by atoms with Crippen molar-refractivity contribution in [2.75, 3.05) is 13.1 Å². The average molecular weight is 200 g/mol. The van der Waals surface area contributed by atoms with Gasteiger partial charge in [-0.25, -0.2) is 4.39 Å². The molecule has 1 nitrogen and oxygen atoms in total. The largest absolute Gasteiger partial charge is 0.313 e. The Hall–Kier alpha value is -0.600. The lowest BCUT2D eigenvalue weighted by Gasteiger charge is -2.08. The van der Waals surface area contributed by atoms with Crippen LogP contribution in [0, 0.1) is 0 Å². The molecule has 13 heavy (non-hydrogen) atoms. The van der Waals surface area contributed by atoms with Crippen molar-refractivity contribution in [1.82, 2.24) is 5.32 Å². The van der Waals surface area contributed by atoms with Crippen LogP contribution in [0.5, 0.6) is 0 Å². The van der Waals surface area contributed by atoms with Crippen molar-refractivity contribution in [3.63, 3.8) is 0 Å². The fraction of sp³-hybridized carbons (Fsp3) is 0.400. The normalized spacial score (nSPS) is 22.2. The molecule has 0 saturated heterocycles. The molecule has 0 fully saturated rings. The fourth-order valence-corrected chi connectivity index (χ4v) is 1.83. The van der Waals surface area contributed by atoms with Crippen molar-refractivity contribution in [1.29, 1.82) is 0 Å². The molecule has 0 radical (unpaired) electrons. The van der Waals surface area contributed by atoms with E-state index in [9.17, 15) is 4.39 Å². The Morgan fingerprint density at radius 3 is 3.15 bits per heavy atom. The van der Waals surface area contributed by atoms with Crippen molar-refractivity contribution >= 4 is 11.6 Å². The third-order valence-corrected chi connectivity index (χ3v) is 2.58. The first-order valence-electron chi connectivity index (χ1n) is 4.40. The van der Waals surface area contributed by atoms with Crippen molar-refractivity contribution in [2.24, 2.45) is 0 Å². The molecule has 0 aliphatic carbocycles. The van der Waals surface area contributed by atoms with E-state index in [-0.39, 0.29) is 0 Å². The monoisotopic (exact) mass is 199 g/mol. The average Bonchev–Trinajstić information content (AvgIpc) is 2.29. The Balaban J connectivity index is 2.43. The van der Waals surface area contributed by atoms with E-state index in [1.165, 1.54) is 0 Å². The minimum absolute atomic E-state index is 0.396. The molecule has 1 aromatic rings. The summed E-state index contributed by atoms with van der Waals surface area (Å²) >= 11 is 5.81. The molecule has 0 saturated carbocycles. The molecule has 1 N–H and O–H groups in total. The van der Waals surface area contributed by atoms with Gasteiger partial charge in [-0.2, -0.15) is 0 Å². The summed E-state index contributed by atoms with van der Waals surface area (Å²) < 4.78 is 13.5. The maximum Gasteiger partial charge on any atom is 0.138 e. The van der Waals surface area contributed by atoms with E-state index in [4.69, 9.17) is 11.6 Å². The minimum Gasteiger partial charge on any atom is -0.313 e. The van der Waals surface area contributed by atoms with E-state index in [0.717, 1.165) is 24.1 Å². The second kappa shape index (κ2) is 3.64. The van der Waals surface area contributed by atoms with E-state index >= 15 is 0 Å². The van der Waals surface area contributed by atoms with Gasteiger partial charge in [-0.15, -0.1) is 0 Å². The van der Waals surface area contributed by atoms with Crippen LogP contribution in [-0.2, 0) is 6.42 Å². The Bertz CT molecular complexity index is 314. The van der Waals surface area contributed by atoms with E-state index in [1.54, 1.807) is 6.07 Å². The quantitative estimate of drug-likeness (QED) is 0.677. The second-order valence-electron chi connectivity index (χ2n) is 3.26. The third kappa shape index (κ3) is 1.84. The Labute approximate surface area is 81.9 Å². The van der Waals surface area contributed by atoms with Gasteiger partial charge in [0.05, 0.1) is 0 Å². The summed E-state index contributed by atoms with van der Waals surface area (Å²) in [6, 6.07) is 5.46. The molecule has 0 bridgehead atoms. The van der Waals surface area contributed by atoms with E-state index in [0.29, 0.717) is 11.6 Å². The van der Waals surface area contributed by atoms with Gasteiger partial charge in [0.15, 0.2) is 0 Å². The molecular weight excluding hydrogens is 189 g/mol. The highest BCUT2D eigenvalue weighted by Gasteiger charge is 2.17. The van der Waals surface area contributed by atoms with Crippen molar-refractivity contribution in [3.8, 4) is 0 Å². The van der Waals surface area contributed by atoms with Gasteiger partial charge in [-0.05, 0) is 36.2 Å². The van der Waals surface area contributed by atoms with Gasteiger partial charge in [0.2, 0.25) is 0 Å². The fourth-order valence-electron chi connectivity index (χ4n) is 1.65. The van der Waals surface area contributed by atoms with Crippen LogP contribution in [0.4, 0.5) is 4.39 Å². The van der Waals surface area contributed by atoms with Gasteiger partial charge in [0, 0.05) is 11.6 Å². The minimum atomic E-state index is -0.920.